The van der Waals surface area contributed by atoms with E-state index in [1.54, 1.807) is 0 Å². The van der Waals surface area contributed by atoms with Crippen LogP contribution in [-0.4, -0.2) is 49.6 Å². The second-order valence-corrected chi connectivity index (χ2v) is 6.82. The minimum atomic E-state index is -4.74. The van der Waals surface area contributed by atoms with E-state index < -0.39 is 40.5 Å². The molecule has 22 heavy (non-hydrogen) atoms. The quantitative estimate of drug-likeness (QED) is 0.552. The number of nitrogens with one attached hydrogen (secondary N) is 1. The van der Waals surface area contributed by atoms with Crippen molar-refractivity contribution in [2.24, 2.45) is 0 Å². The summed E-state index contributed by atoms with van der Waals surface area (Å²) in [6.07, 6.45) is -3.18. The summed E-state index contributed by atoms with van der Waals surface area (Å²) in [7, 11) is -4.71. The predicted molar refractivity (Wildman–Crippen MR) is 70.0 cm³/mol. The Labute approximate surface area is 127 Å². The lowest BCUT2D eigenvalue weighted by atomic mass is 9.95. The highest BCUT2D eigenvalue weighted by atomic mass is 32.2. The van der Waals surface area contributed by atoms with Crippen LogP contribution >= 0.6 is 0 Å². The van der Waals surface area contributed by atoms with Gasteiger partial charge in [-0.15, -0.1) is 0 Å². The van der Waals surface area contributed by atoms with Gasteiger partial charge in [0, 0.05) is 12.6 Å². The predicted octanol–water partition coefficient (Wildman–Crippen LogP) is 1.32. The third kappa shape index (κ3) is 9.21. The SMILES string of the molecule is O=C(CC(F)(F)F)OC(CNC1CCCCC1)CS(=O)(=O)[O-]. The first-order valence-electron chi connectivity index (χ1n) is 6.98. The molecule has 1 aliphatic carbocycles. The zero-order valence-corrected chi connectivity index (χ0v) is 12.7. The zero-order chi connectivity index (χ0) is 16.8. The normalized spacial score (nSPS) is 18.9. The van der Waals surface area contributed by atoms with E-state index in [1.165, 1.54) is 0 Å². The number of rotatable bonds is 7. The molecule has 0 aromatic rings. The first kappa shape index (κ1) is 19.2. The molecule has 0 spiro atoms. The van der Waals surface area contributed by atoms with Crippen molar-refractivity contribution in [3.63, 3.8) is 0 Å². The summed E-state index contributed by atoms with van der Waals surface area (Å²) in [4.78, 5) is 11.1. The number of ether oxygens (including phenoxy) is 1. The van der Waals surface area contributed by atoms with E-state index in [-0.39, 0.29) is 12.6 Å². The Morgan fingerprint density at radius 2 is 1.86 bits per heavy atom. The minimum Gasteiger partial charge on any atom is -0.748 e. The topological polar surface area (TPSA) is 95.5 Å². The van der Waals surface area contributed by atoms with Crippen LogP contribution in [-0.2, 0) is 19.6 Å². The summed E-state index contributed by atoms with van der Waals surface area (Å²) >= 11 is 0. The Morgan fingerprint density at radius 3 is 2.36 bits per heavy atom. The van der Waals surface area contributed by atoms with E-state index in [2.05, 4.69) is 10.1 Å². The van der Waals surface area contributed by atoms with Crippen LogP contribution in [0.5, 0.6) is 0 Å². The van der Waals surface area contributed by atoms with Gasteiger partial charge < -0.3 is 14.6 Å². The van der Waals surface area contributed by atoms with Gasteiger partial charge in [0.15, 0.2) is 0 Å². The van der Waals surface area contributed by atoms with Crippen LogP contribution in [0.4, 0.5) is 13.2 Å². The molecule has 10 heteroatoms. The molecule has 1 aliphatic rings. The fourth-order valence-corrected chi connectivity index (χ4v) is 3.00. The summed E-state index contributed by atoms with van der Waals surface area (Å²) < 4.78 is 73.0. The van der Waals surface area contributed by atoms with Crippen LogP contribution in [0.15, 0.2) is 0 Å². The van der Waals surface area contributed by atoms with Gasteiger partial charge >= 0.3 is 12.1 Å². The molecule has 1 N–H and O–H groups in total. The molecule has 1 saturated carbocycles. The number of hydrogen-bond acceptors (Lipinski definition) is 6. The number of esters is 1. The van der Waals surface area contributed by atoms with Crippen molar-refractivity contribution in [3.05, 3.63) is 0 Å². The zero-order valence-electron chi connectivity index (χ0n) is 11.9. The van der Waals surface area contributed by atoms with Crippen molar-refractivity contribution in [2.75, 3.05) is 12.3 Å². The van der Waals surface area contributed by atoms with Crippen LogP contribution in [0.2, 0.25) is 0 Å². The molecule has 6 nitrogen and oxygen atoms in total. The van der Waals surface area contributed by atoms with Crippen LogP contribution in [0.3, 0.4) is 0 Å². The van der Waals surface area contributed by atoms with Crippen molar-refractivity contribution in [2.45, 2.75) is 56.8 Å². The minimum absolute atomic E-state index is 0.0897. The number of carbonyl (C=O) groups excluding carboxylic acids is 1. The molecule has 0 amide bonds. The molecule has 0 heterocycles. The summed E-state index contributed by atoms with van der Waals surface area (Å²) in [5.41, 5.74) is 0. The van der Waals surface area contributed by atoms with Crippen LogP contribution in [0.25, 0.3) is 0 Å². The molecule has 0 bridgehead atoms. The fraction of sp³-hybridized carbons (Fsp3) is 0.917. The summed E-state index contributed by atoms with van der Waals surface area (Å²) in [5.74, 6) is -2.64. The van der Waals surface area contributed by atoms with Gasteiger partial charge in [-0.25, -0.2) is 8.42 Å². The Morgan fingerprint density at radius 1 is 1.27 bits per heavy atom. The van der Waals surface area contributed by atoms with Gasteiger partial charge in [0.25, 0.3) is 0 Å². The maximum absolute atomic E-state index is 12.1. The number of halogens is 3. The van der Waals surface area contributed by atoms with Crippen molar-refractivity contribution in [1.82, 2.24) is 5.32 Å². The molecule has 1 fully saturated rings. The maximum Gasteiger partial charge on any atom is 0.399 e. The van der Waals surface area contributed by atoms with Gasteiger partial charge in [-0.1, -0.05) is 19.3 Å². The summed E-state index contributed by atoms with van der Waals surface area (Å²) in [6, 6.07) is 0.0897. The largest absolute Gasteiger partial charge is 0.748 e. The molecule has 1 atom stereocenters. The Bertz CT molecular complexity index is 460. The Balaban J connectivity index is 2.53. The number of alkyl halides is 3. The lowest BCUT2D eigenvalue weighted by Crippen LogP contribution is -2.42. The van der Waals surface area contributed by atoms with Gasteiger partial charge in [-0.2, -0.15) is 13.2 Å². The highest BCUT2D eigenvalue weighted by Crippen LogP contribution is 2.21. The third-order valence-electron chi connectivity index (χ3n) is 3.27. The van der Waals surface area contributed by atoms with Gasteiger partial charge in [0.1, 0.15) is 12.5 Å². The molecule has 0 aromatic heterocycles. The van der Waals surface area contributed by atoms with E-state index in [1.807, 2.05) is 0 Å². The average Bonchev–Trinajstić information content (AvgIpc) is 2.33. The van der Waals surface area contributed by atoms with Gasteiger partial charge in [-0.3, -0.25) is 4.79 Å². The lowest BCUT2D eigenvalue weighted by molar-refractivity contribution is -0.174. The van der Waals surface area contributed by atoms with Gasteiger partial charge in [-0.05, 0) is 12.8 Å². The first-order chi connectivity index (χ1) is 10.1. The smallest absolute Gasteiger partial charge is 0.399 e. The molecule has 130 valence electrons. The molecule has 1 unspecified atom stereocenters. The second-order valence-electron chi connectivity index (χ2n) is 5.37. The van der Waals surface area contributed by atoms with E-state index in [4.69, 9.17) is 0 Å². The van der Waals surface area contributed by atoms with Crippen LogP contribution < -0.4 is 5.32 Å². The maximum atomic E-state index is 12.1. The highest BCUT2D eigenvalue weighted by Gasteiger charge is 2.33. The monoisotopic (exact) mass is 346 g/mol. The number of hydrogen-bond donors (Lipinski definition) is 1. The molecule has 0 saturated heterocycles. The first-order valence-corrected chi connectivity index (χ1v) is 8.56. The van der Waals surface area contributed by atoms with Crippen molar-refractivity contribution >= 4 is 16.1 Å². The fourth-order valence-electron chi connectivity index (χ4n) is 2.36. The van der Waals surface area contributed by atoms with E-state index in [9.17, 15) is 30.9 Å². The van der Waals surface area contributed by atoms with E-state index >= 15 is 0 Å². The van der Waals surface area contributed by atoms with E-state index in [0.29, 0.717) is 0 Å². The van der Waals surface area contributed by atoms with Crippen molar-refractivity contribution in [1.29, 1.82) is 0 Å². The molecule has 0 aromatic carbocycles. The second kappa shape index (κ2) is 8.11. The Hall–Kier alpha value is -0.870. The highest BCUT2D eigenvalue weighted by molar-refractivity contribution is 7.85. The summed E-state index contributed by atoms with van der Waals surface area (Å²) in [5, 5.41) is 2.95. The molecule has 0 radical (unpaired) electrons. The van der Waals surface area contributed by atoms with Gasteiger partial charge in [0.05, 0.1) is 15.9 Å². The third-order valence-corrected chi connectivity index (χ3v) is 4.05. The van der Waals surface area contributed by atoms with Crippen molar-refractivity contribution in [3.8, 4) is 0 Å². The van der Waals surface area contributed by atoms with E-state index in [0.717, 1.165) is 32.1 Å². The van der Waals surface area contributed by atoms with Crippen molar-refractivity contribution < 1.29 is 35.7 Å². The Kier molecular flexibility index (Phi) is 7.07. The lowest BCUT2D eigenvalue weighted by Gasteiger charge is -2.26. The number of carbonyl (C=O) groups is 1. The van der Waals surface area contributed by atoms with Crippen LogP contribution in [0.1, 0.15) is 38.5 Å². The molecule has 0 aliphatic heterocycles. The average molecular weight is 346 g/mol. The van der Waals surface area contributed by atoms with Gasteiger partial charge in [0.2, 0.25) is 0 Å². The van der Waals surface area contributed by atoms with Crippen LogP contribution in [0, 0.1) is 0 Å². The molecular weight excluding hydrogens is 327 g/mol. The molecular formula is C12H19F3NO5S-. The summed E-state index contributed by atoms with van der Waals surface area (Å²) in [6.45, 7) is -0.157. The standard InChI is InChI=1S/C12H20F3NO5S/c13-12(14,15)6-11(17)21-10(8-22(18,19)20)7-16-9-4-2-1-3-5-9/h9-10,16H,1-8H2,(H,18,19,20)/p-1. The molecule has 1 rings (SSSR count).